The number of nitrogens with one attached hydrogen (secondary N) is 1. The van der Waals surface area contributed by atoms with E-state index >= 15 is 0 Å². The number of rotatable bonds is 6. The van der Waals surface area contributed by atoms with Crippen molar-refractivity contribution in [2.45, 2.75) is 58.6 Å². The van der Waals surface area contributed by atoms with Gasteiger partial charge in [0, 0.05) is 29.3 Å². The number of aromatic nitrogens is 6. The molecular weight excluding hydrogens is 445 g/mol. The monoisotopic (exact) mass is 473 g/mol. The minimum absolute atomic E-state index is 0.266. The van der Waals surface area contributed by atoms with Gasteiger partial charge >= 0.3 is 0 Å². The van der Waals surface area contributed by atoms with Crippen molar-refractivity contribution >= 4 is 11.6 Å². The minimum Gasteiger partial charge on any atom is -0.385 e. The summed E-state index contributed by atoms with van der Waals surface area (Å²) in [5, 5.41) is 23.8. The van der Waals surface area contributed by atoms with Gasteiger partial charge in [-0.25, -0.2) is 23.7 Å². The fourth-order valence-corrected chi connectivity index (χ4v) is 5.10. The first-order valence-corrected chi connectivity index (χ1v) is 12.0. The molecule has 0 amide bonds. The van der Waals surface area contributed by atoms with E-state index in [4.69, 9.17) is 5.10 Å². The van der Waals surface area contributed by atoms with Crippen LogP contribution in [0.4, 0.5) is 16.0 Å². The Bertz CT molecular complexity index is 1420. The van der Waals surface area contributed by atoms with E-state index in [-0.39, 0.29) is 5.82 Å². The van der Waals surface area contributed by atoms with Crippen molar-refractivity contribution in [3.8, 4) is 17.1 Å². The Morgan fingerprint density at radius 1 is 1.14 bits per heavy atom. The number of hydrogen-bond acceptors (Lipinski definition) is 6. The average Bonchev–Trinajstić information content (AvgIpc) is 3.40. The largest absolute Gasteiger partial charge is 0.385 e. The first-order valence-electron chi connectivity index (χ1n) is 12.0. The van der Waals surface area contributed by atoms with Crippen molar-refractivity contribution < 1.29 is 9.50 Å². The Labute approximate surface area is 202 Å². The smallest absolute Gasteiger partial charge is 0.159 e. The predicted molar refractivity (Wildman–Crippen MR) is 130 cm³/mol. The Morgan fingerprint density at radius 3 is 2.66 bits per heavy atom. The highest BCUT2D eigenvalue weighted by atomic mass is 19.1. The van der Waals surface area contributed by atoms with E-state index < -0.39 is 5.60 Å². The summed E-state index contributed by atoms with van der Waals surface area (Å²) in [4.78, 5) is 8.92. The minimum atomic E-state index is -0.866. The van der Waals surface area contributed by atoms with Gasteiger partial charge in [-0.05, 0) is 76.6 Å². The number of aryl methyl sites for hydroxylation is 1. The highest BCUT2D eigenvalue weighted by molar-refractivity contribution is 5.71. The molecule has 2 aliphatic rings. The fourth-order valence-electron chi connectivity index (χ4n) is 5.10. The summed E-state index contributed by atoms with van der Waals surface area (Å²) in [5.74, 6) is 2.50. The summed E-state index contributed by atoms with van der Waals surface area (Å²) >= 11 is 0. The summed E-state index contributed by atoms with van der Waals surface area (Å²) in [6.07, 6.45) is 5.34. The highest BCUT2D eigenvalue weighted by Crippen LogP contribution is 2.40. The second-order valence-corrected chi connectivity index (χ2v) is 9.93. The first kappa shape index (κ1) is 21.9. The maximum atomic E-state index is 13.5. The van der Waals surface area contributed by atoms with E-state index in [0.717, 1.165) is 52.6 Å². The molecule has 0 spiro atoms. The van der Waals surface area contributed by atoms with Gasteiger partial charge in [-0.1, -0.05) is 0 Å². The standard InChI is InChI=1S/C26H28FN7O/c1-15-24(18-6-8-19(27)9-7-18)32-33(13-17-4-5-17)25(15)30-21-12-22(29-14-28-21)34-20-10-11-26(3,35)23(20)16(2)31-34/h6-9,12,14,17,35H,4-5,10-11,13H2,1-3H3,(H,28,29,30). The van der Waals surface area contributed by atoms with Crippen LogP contribution in [0.15, 0.2) is 36.7 Å². The normalized spacial score (nSPS) is 19.2. The molecule has 4 aromatic rings. The van der Waals surface area contributed by atoms with Gasteiger partial charge in [0.2, 0.25) is 0 Å². The van der Waals surface area contributed by atoms with Crippen molar-refractivity contribution in [3.05, 3.63) is 65.0 Å². The van der Waals surface area contributed by atoms with Crippen molar-refractivity contribution in [2.24, 2.45) is 5.92 Å². The Kier molecular flexibility index (Phi) is 5.00. The van der Waals surface area contributed by atoms with Gasteiger partial charge in [-0.15, -0.1) is 0 Å². The van der Waals surface area contributed by atoms with Crippen molar-refractivity contribution in [2.75, 3.05) is 5.32 Å². The molecule has 0 aliphatic heterocycles. The van der Waals surface area contributed by atoms with Crippen molar-refractivity contribution in [3.63, 3.8) is 0 Å². The molecule has 9 heteroatoms. The van der Waals surface area contributed by atoms with E-state index in [1.807, 2.05) is 36.2 Å². The molecule has 1 saturated carbocycles. The molecule has 3 aromatic heterocycles. The van der Waals surface area contributed by atoms with Crippen LogP contribution >= 0.6 is 0 Å². The molecule has 1 fully saturated rings. The van der Waals surface area contributed by atoms with Crippen LogP contribution in [0.1, 0.15) is 48.7 Å². The predicted octanol–water partition coefficient (Wildman–Crippen LogP) is 4.59. The van der Waals surface area contributed by atoms with Crippen LogP contribution in [-0.2, 0) is 18.6 Å². The van der Waals surface area contributed by atoms with Crippen molar-refractivity contribution in [1.29, 1.82) is 0 Å². The molecule has 0 bridgehead atoms. The van der Waals surface area contributed by atoms with Crippen molar-refractivity contribution in [1.82, 2.24) is 29.5 Å². The van der Waals surface area contributed by atoms with E-state index in [1.165, 1.54) is 31.3 Å². The van der Waals surface area contributed by atoms with Crippen LogP contribution in [0, 0.1) is 25.6 Å². The number of anilines is 2. The summed E-state index contributed by atoms with van der Waals surface area (Å²) in [5.41, 5.74) is 4.51. The van der Waals surface area contributed by atoms with Gasteiger partial charge in [0.1, 0.15) is 23.8 Å². The summed E-state index contributed by atoms with van der Waals surface area (Å²) in [6.45, 7) is 6.61. The van der Waals surface area contributed by atoms with Crippen LogP contribution in [0.3, 0.4) is 0 Å². The molecule has 1 aromatic carbocycles. The maximum absolute atomic E-state index is 13.5. The topological polar surface area (TPSA) is 93.7 Å². The maximum Gasteiger partial charge on any atom is 0.159 e. The number of benzene rings is 1. The van der Waals surface area contributed by atoms with Gasteiger partial charge in [0.25, 0.3) is 0 Å². The number of hydrogen-bond donors (Lipinski definition) is 2. The number of halogens is 1. The third-order valence-corrected chi connectivity index (χ3v) is 7.09. The lowest BCUT2D eigenvalue weighted by Crippen LogP contribution is -2.17. The lowest BCUT2D eigenvalue weighted by Gasteiger charge is -2.15. The third kappa shape index (κ3) is 3.89. The Balaban J connectivity index is 1.37. The van der Waals surface area contributed by atoms with Crippen LogP contribution in [0.2, 0.25) is 0 Å². The first-order chi connectivity index (χ1) is 16.8. The molecular formula is C26H28FN7O. The highest BCUT2D eigenvalue weighted by Gasteiger charge is 2.38. The lowest BCUT2D eigenvalue weighted by molar-refractivity contribution is 0.0586. The fraction of sp³-hybridized carbons (Fsp3) is 0.385. The number of aliphatic hydroxyl groups is 1. The third-order valence-electron chi connectivity index (χ3n) is 7.09. The lowest BCUT2D eigenvalue weighted by atomic mass is 9.99. The van der Waals surface area contributed by atoms with Crippen LogP contribution in [0.5, 0.6) is 0 Å². The summed E-state index contributed by atoms with van der Waals surface area (Å²) < 4.78 is 17.3. The molecule has 180 valence electrons. The zero-order valence-corrected chi connectivity index (χ0v) is 20.1. The van der Waals surface area contributed by atoms with E-state index in [2.05, 4.69) is 20.4 Å². The molecule has 2 aliphatic carbocycles. The van der Waals surface area contributed by atoms with Crippen LogP contribution in [0.25, 0.3) is 17.1 Å². The molecule has 3 heterocycles. The molecule has 8 nitrogen and oxygen atoms in total. The van der Waals surface area contributed by atoms with Gasteiger partial charge in [0.05, 0.1) is 22.7 Å². The Morgan fingerprint density at radius 2 is 1.91 bits per heavy atom. The number of nitrogens with zero attached hydrogens (tertiary/aromatic N) is 6. The van der Waals surface area contributed by atoms with Gasteiger partial charge < -0.3 is 10.4 Å². The molecule has 1 atom stereocenters. The summed E-state index contributed by atoms with van der Waals surface area (Å²) in [6, 6.07) is 8.30. The second-order valence-electron chi connectivity index (χ2n) is 9.93. The summed E-state index contributed by atoms with van der Waals surface area (Å²) in [7, 11) is 0. The molecule has 35 heavy (non-hydrogen) atoms. The second kappa shape index (κ2) is 7.98. The zero-order valence-electron chi connectivity index (χ0n) is 20.1. The van der Waals surface area contributed by atoms with Gasteiger partial charge in [-0.3, -0.25) is 0 Å². The molecule has 6 rings (SSSR count). The average molecular weight is 474 g/mol. The molecule has 1 unspecified atom stereocenters. The van der Waals surface area contributed by atoms with Crippen LogP contribution < -0.4 is 5.32 Å². The van der Waals surface area contributed by atoms with E-state index in [9.17, 15) is 9.50 Å². The quantitative estimate of drug-likeness (QED) is 0.426. The molecule has 0 saturated heterocycles. The Hall–Kier alpha value is -3.59. The molecule has 0 radical (unpaired) electrons. The number of fused-ring (bicyclic) bond motifs is 1. The molecule has 2 N–H and O–H groups in total. The zero-order chi connectivity index (χ0) is 24.3. The SMILES string of the molecule is Cc1nn(-c2cc(Nc3c(C)c(-c4ccc(F)cc4)nn3CC3CC3)ncn2)c2c1C(C)(O)CC2. The van der Waals surface area contributed by atoms with E-state index in [1.54, 1.807) is 12.1 Å². The van der Waals surface area contributed by atoms with Gasteiger partial charge in [-0.2, -0.15) is 10.2 Å². The van der Waals surface area contributed by atoms with E-state index in [0.29, 0.717) is 24.0 Å². The van der Waals surface area contributed by atoms with Gasteiger partial charge in [0.15, 0.2) is 5.82 Å². The van der Waals surface area contributed by atoms with Crippen LogP contribution in [-0.4, -0.2) is 34.6 Å².